The molecule has 0 aromatic rings. The Morgan fingerprint density at radius 2 is 1.82 bits per heavy atom. The molecular formula is C29H32O9. The van der Waals surface area contributed by atoms with Crippen LogP contribution < -0.4 is 0 Å². The number of carboxylic acid groups (broad SMARTS) is 1. The zero-order chi connectivity index (χ0) is 28.0. The number of Topliss-reactive ketones (excluding diaryl/α,β-unsaturated/α-hetero) is 2. The van der Waals surface area contributed by atoms with Crippen molar-refractivity contribution in [2.75, 3.05) is 0 Å². The van der Waals surface area contributed by atoms with Crippen molar-refractivity contribution in [2.24, 2.45) is 40.4 Å². The summed E-state index contributed by atoms with van der Waals surface area (Å²) in [6, 6.07) is 0. The number of fused-ring (bicyclic) bond motifs is 3. The summed E-state index contributed by atoms with van der Waals surface area (Å²) < 4.78 is 10.7. The monoisotopic (exact) mass is 524 g/mol. The van der Waals surface area contributed by atoms with Gasteiger partial charge in [-0.1, -0.05) is 63.0 Å². The molecule has 38 heavy (non-hydrogen) atoms. The lowest BCUT2D eigenvalue weighted by Gasteiger charge is -2.58. The van der Waals surface area contributed by atoms with Crippen LogP contribution in [-0.4, -0.2) is 51.9 Å². The van der Waals surface area contributed by atoms with E-state index in [-0.39, 0.29) is 24.0 Å². The van der Waals surface area contributed by atoms with Gasteiger partial charge in [-0.3, -0.25) is 19.2 Å². The van der Waals surface area contributed by atoms with E-state index in [0.717, 1.165) is 6.08 Å². The molecule has 0 radical (unpaired) electrons. The van der Waals surface area contributed by atoms with Crippen LogP contribution in [0.3, 0.4) is 0 Å². The number of esters is 2. The SMILES string of the molecule is C=C1OC(=O)[C@@]2(C1=O)C(=O)[C@@]1(C)[C@@H](C=C[C@H]3[C@H](O)[C@@H](C)[C@H](OC(C)=O)C[C@@H]31)C[C@H]2/C=C/C=C/C=C/C(=O)O. The number of ketones is 2. The van der Waals surface area contributed by atoms with Crippen molar-refractivity contribution in [1.82, 2.24) is 0 Å². The topological polar surface area (TPSA) is 144 Å². The highest BCUT2D eigenvalue weighted by Gasteiger charge is 2.73. The van der Waals surface area contributed by atoms with E-state index in [1.807, 2.05) is 12.2 Å². The summed E-state index contributed by atoms with van der Waals surface area (Å²) in [6.45, 7) is 8.37. The molecule has 9 nitrogen and oxygen atoms in total. The maximum Gasteiger partial charge on any atom is 0.333 e. The molecule has 1 heterocycles. The summed E-state index contributed by atoms with van der Waals surface area (Å²) in [7, 11) is 0. The fourth-order valence-electron chi connectivity index (χ4n) is 6.89. The van der Waals surface area contributed by atoms with Gasteiger partial charge in [-0.2, -0.15) is 0 Å². The lowest BCUT2D eigenvalue weighted by Crippen LogP contribution is -2.65. The second-order valence-corrected chi connectivity index (χ2v) is 10.8. The Morgan fingerprint density at radius 3 is 2.42 bits per heavy atom. The summed E-state index contributed by atoms with van der Waals surface area (Å²) in [5.41, 5.74) is -3.34. The van der Waals surface area contributed by atoms with Gasteiger partial charge in [0.05, 0.1) is 6.10 Å². The molecule has 0 aromatic carbocycles. The molecule has 2 N–H and O–H groups in total. The van der Waals surface area contributed by atoms with Gasteiger partial charge < -0.3 is 19.7 Å². The predicted molar refractivity (Wildman–Crippen MR) is 134 cm³/mol. The molecule has 202 valence electrons. The zero-order valence-electron chi connectivity index (χ0n) is 21.5. The van der Waals surface area contributed by atoms with E-state index in [2.05, 4.69) is 6.58 Å². The number of allylic oxidation sites excluding steroid dienone is 7. The number of ether oxygens (including phenoxy) is 2. The lowest BCUT2D eigenvalue weighted by molar-refractivity contribution is -0.180. The maximum absolute atomic E-state index is 14.6. The van der Waals surface area contributed by atoms with Gasteiger partial charge in [0.15, 0.2) is 17.0 Å². The number of aliphatic carboxylic acids is 1. The molecule has 9 atom stereocenters. The standard InChI is InChI=1S/C29H32O9/c1-15-22(38-17(3)30)14-21-20(24(15)33)12-11-18-13-19(9-7-5-6-8-10-23(31)32)29(26(35)28(18,21)4)25(34)16(2)37-27(29)36/h5-12,15,18-22,24,33H,2,13-14H2,1,3-4H3,(H,31,32)/b6-5+,9-7+,10-8+/t15-,18-,19+,20+,21-,22+,24+,28-,29-/m0/s1. The molecular weight excluding hydrogens is 492 g/mol. The number of hydrogen-bond acceptors (Lipinski definition) is 8. The molecule has 1 aliphatic heterocycles. The van der Waals surface area contributed by atoms with Gasteiger partial charge in [-0.25, -0.2) is 4.79 Å². The first-order valence-electron chi connectivity index (χ1n) is 12.7. The van der Waals surface area contributed by atoms with Crippen LogP contribution in [0.1, 0.15) is 33.6 Å². The van der Waals surface area contributed by atoms with Gasteiger partial charge in [0.2, 0.25) is 5.78 Å². The third-order valence-corrected chi connectivity index (χ3v) is 8.87. The van der Waals surface area contributed by atoms with Crippen molar-refractivity contribution in [1.29, 1.82) is 0 Å². The number of hydrogen-bond donors (Lipinski definition) is 2. The average molecular weight is 525 g/mol. The van der Waals surface area contributed by atoms with Crippen molar-refractivity contribution in [2.45, 2.75) is 45.8 Å². The maximum atomic E-state index is 14.6. The van der Waals surface area contributed by atoms with Crippen molar-refractivity contribution >= 4 is 29.5 Å². The highest BCUT2D eigenvalue weighted by Crippen LogP contribution is 2.62. The van der Waals surface area contributed by atoms with Crippen molar-refractivity contribution in [3.05, 3.63) is 60.9 Å². The summed E-state index contributed by atoms with van der Waals surface area (Å²) in [5.74, 6) is -6.78. The van der Waals surface area contributed by atoms with Crippen LogP contribution in [0.25, 0.3) is 0 Å². The van der Waals surface area contributed by atoms with E-state index in [0.29, 0.717) is 6.42 Å². The second-order valence-electron chi connectivity index (χ2n) is 10.8. The summed E-state index contributed by atoms with van der Waals surface area (Å²) in [5, 5.41) is 19.8. The minimum Gasteiger partial charge on any atom is -0.478 e. The first-order valence-corrected chi connectivity index (χ1v) is 12.7. The Labute approximate surface area is 220 Å². The zero-order valence-corrected chi connectivity index (χ0v) is 21.5. The van der Waals surface area contributed by atoms with Gasteiger partial charge in [0.25, 0.3) is 0 Å². The number of aliphatic hydroxyl groups is 1. The van der Waals surface area contributed by atoms with Crippen LogP contribution in [0.4, 0.5) is 0 Å². The van der Waals surface area contributed by atoms with Gasteiger partial charge in [0, 0.05) is 36.2 Å². The number of aliphatic hydroxyl groups excluding tert-OH is 1. The van der Waals surface area contributed by atoms with E-state index < -0.39 is 70.3 Å². The third kappa shape index (κ3) is 4.09. The first-order chi connectivity index (χ1) is 17.9. The van der Waals surface area contributed by atoms with Crippen LogP contribution in [0, 0.1) is 40.4 Å². The predicted octanol–water partition coefficient (Wildman–Crippen LogP) is 2.71. The molecule has 2 saturated carbocycles. The fraction of sp³-hybridized carbons (Fsp3) is 0.483. The molecule has 9 heteroatoms. The Morgan fingerprint density at radius 1 is 1.13 bits per heavy atom. The van der Waals surface area contributed by atoms with E-state index in [1.54, 1.807) is 32.1 Å². The van der Waals surface area contributed by atoms with Gasteiger partial charge in [-0.05, 0) is 24.7 Å². The molecule has 3 aliphatic carbocycles. The van der Waals surface area contributed by atoms with Gasteiger partial charge in [0.1, 0.15) is 6.10 Å². The quantitative estimate of drug-likeness (QED) is 0.182. The van der Waals surface area contributed by atoms with Crippen LogP contribution >= 0.6 is 0 Å². The van der Waals surface area contributed by atoms with Gasteiger partial charge in [-0.15, -0.1) is 0 Å². The van der Waals surface area contributed by atoms with Crippen LogP contribution in [0.15, 0.2) is 60.9 Å². The minimum absolute atomic E-state index is 0.273. The summed E-state index contributed by atoms with van der Waals surface area (Å²) in [4.78, 5) is 63.8. The molecule has 4 aliphatic rings. The van der Waals surface area contributed by atoms with Crippen molar-refractivity contribution in [3.8, 4) is 0 Å². The molecule has 1 saturated heterocycles. The lowest BCUT2D eigenvalue weighted by atomic mass is 9.43. The Hall–Kier alpha value is -3.59. The normalized spacial score (nSPS) is 40.7. The number of rotatable bonds is 5. The highest BCUT2D eigenvalue weighted by atomic mass is 16.6. The molecule has 3 fully saturated rings. The van der Waals surface area contributed by atoms with Crippen LogP contribution in [-0.2, 0) is 33.4 Å². The minimum atomic E-state index is -2.12. The third-order valence-electron chi connectivity index (χ3n) is 8.87. The van der Waals surface area contributed by atoms with Crippen molar-refractivity contribution < 1.29 is 43.7 Å². The fourth-order valence-corrected chi connectivity index (χ4v) is 6.89. The number of carboxylic acids is 1. The Balaban J connectivity index is 1.77. The first kappa shape index (κ1) is 27.4. The number of cyclic esters (lactones) is 1. The molecule has 0 aromatic heterocycles. The van der Waals surface area contributed by atoms with Gasteiger partial charge >= 0.3 is 17.9 Å². The molecule has 0 amide bonds. The molecule has 0 bridgehead atoms. The van der Waals surface area contributed by atoms with E-state index in [1.165, 1.54) is 19.1 Å². The van der Waals surface area contributed by atoms with Crippen LogP contribution in [0.2, 0.25) is 0 Å². The molecule has 0 unspecified atom stereocenters. The Bertz CT molecular complexity index is 1210. The smallest absolute Gasteiger partial charge is 0.333 e. The Kier molecular flexibility index (Phi) is 7.18. The number of carbonyl (C=O) groups excluding carboxylic acids is 4. The summed E-state index contributed by atoms with van der Waals surface area (Å²) >= 11 is 0. The summed E-state index contributed by atoms with van der Waals surface area (Å²) in [6.07, 6.45) is 11.3. The average Bonchev–Trinajstić information content (AvgIpc) is 3.07. The van der Waals surface area contributed by atoms with Crippen LogP contribution in [0.5, 0.6) is 0 Å². The van der Waals surface area contributed by atoms with E-state index in [4.69, 9.17) is 14.6 Å². The van der Waals surface area contributed by atoms with E-state index >= 15 is 0 Å². The second kappa shape index (κ2) is 9.94. The van der Waals surface area contributed by atoms with E-state index in [9.17, 15) is 29.1 Å². The highest BCUT2D eigenvalue weighted by molar-refractivity contribution is 6.32. The largest absolute Gasteiger partial charge is 0.478 e. The molecule has 1 spiro atoms. The molecule has 4 rings (SSSR count). The van der Waals surface area contributed by atoms with Crippen molar-refractivity contribution in [3.63, 3.8) is 0 Å². The number of carbonyl (C=O) groups is 5.